The largest absolute Gasteiger partial charge is 0.492 e. The molecule has 0 spiro atoms. The van der Waals surface area contributed by atoms with Gasteiger partial charge in [-0.05, 0) is 36.6 Å². The Labute approximate surface area is 126 Å². The smallest absolute Gasteiger partial charge is 0.119 e. The first-order valence-electron chi connectivity index (χ1n) is 7.58. The van der Waals surface area contributed by atoms with Gasteiger partial charge >= 0.3 is 0 Å². The van der Waals surface area contributed by atoms with Crippen molar-refractivity contribution in [1.82, 2.24) is 4.90 Å². The highest BCUT2D eigenvalue weighted by molar-refractivity contribution is 5.46. The van der Waals surface area contributed by atoms with Gasteiger partial charge in [-0.2, -0.15) is 0 Å². The molecule has 3 rings (SSSR count). The number of nitrogens with two attached hydrogens (primary N) is 1. The van der Waals surface area contributed by atoms with Crippen LogP contribution in [0.15, 0.2) is 54.6 Å². The molecule has 1 aliphatic carbocycles. The number of ether oxygens (including phenoxy) is 1. The topological polar surface area (TPSA) is 38.5 Å². The Morgan fingerprint density at radius 2 is 1.71 bits per heavy atom. The summed E-state index contributed by atoms with van der Waals surface area (Å²) in [6, 6.07) is 18.8. The van der Waals surface area contributed by atoms with E-state index in [0.717, 1.165) is 24.5 Å². The molecule has 0 saturated heterocycles. The molecule has 2 aromatic rings. The van der Waals surface area contributed by atoms with Crippen LogP contribution < -0.4 is 10.5 Å². The molecule has 3 heteroatoms. The van der Waals surface area contributed by atoms with E-state index in [9.17, 15) is 0 Å². The molecule has 1 saturated carbocycles. The van der Waals surface area contributed by atoms with E-state index in [1.165, 1.54) is 18.4 Å². The van der Waals surface area contributed by atoms with Gasteiger partial charge in [-0.25, -0.2) is 0 Å². The maximum Gasteiger partial charge on any atom is 0.119 e. The highest BCUT2D eigenvalue weighted by Gasteiger charge is 2.29. The summed E-state index contributed by atoms with van der Waals surface area (Å²) in [4.78, 5) is 2.48. The molecule has 0 bridgehead atoms. The van der Waals surface area contributed by atoms with E-state index in [-0.39, 0.29) is 0 Å². The van der Waals surface area contributed by atoms with Crippen molar-refractivity contribution in [2.24, 2.45) is 0 Å². The molecule has 2 N–H and O–H groups in total. The molecule has 1 fully saturated rings. The summed E-state index contributed by atoms with van der Waals surface area (Å²) in [5.74, 6) is 0.937. The molecule has 0 atom stereocenters. The third-order valence-corrected chi connectivity index (χ3v) is 3.88. The third-order valence-electron chi connectivity index (χ3n) is 3.88. The van der Waals surface area contributed by atoms with Gasteiger partial charge < -0.3 is 10.5 Å². The first-order valence-corrected chi connectivity index (χ1v) is 7.58. The fraction of sp³-hybridized carbons (Fsp3) is 0.333. The normalized spacial score (nSPS) is 14.3. The number of hydrogen-bond donors (Lipinski definition) is 1. The van der Waals surface area contributed by atoms with Crippen LogP contribution in [0.1, 0.15) is 18.4 Å². The SMILES string of the molecule is Nc1ccccc1CN(CCOc1ccccc1)C1CC1. The summed E-state index contributed by atoms with van der Waals surface area (Å²) in [6.45, 7) is 2.57. The molecule has 0 radical (unpaired) electrons. The van der Waals surface area contributed by atoms with Crippen LogP contribution in [0.3, 0.4) is 0 Å². The maximum absolute atomic E-state index is 6.05. The lowest BCUT2D eigenvalue weighted by Crippen LogP contribution is -2.30. The molecule has 110 valence electrons. The van der Waals surface area contributed by atoms with Crippen molar-refractivity contribution in [1.29, 1.82) is 0 Å². The van der Waals surface area contributed by atoms with E-state index in [4.69, 9.17) is 10.5 Å². The van der Waals surface area contributed by atoms with Gasteiger partial charge in [0.25, 0.3) is 0 Å². The van der Waals surface area contributed by atoms with E-state index < -0.39 is 0 Å². The quantitative estimate of drug-likeness (QED) is 0.792. The number of para-hydroxylation sites is 2. The van der Waals surface area contributed by atoms with Crippen LogP contribution in [0.25, 0.3) is 0 Å². The summed E-state index contributed by atoms with van der Waals surface area (Å²) in [6.07, 6.45) is 2.58. The number of nitrogen functional groups attached to an aromatic ring is 1. The summed E-state index contributed by atoms with van der Waals surface area (Å²) >= 11 is 0. The molecule has 3 nitrogen and oxygen atoms in total. The minimum absolute atomic E-state index is 0.698. The van der Waals surface area contributed by atoms with Crippen molar-refractivity contribution >= 4 is 5.69 Å². The van der Waals surface area contributed by atoms with Crippen LogP contribution in [0.2, 0.25) is 0 Å². The van der Waals surface area contributed by atoms with Crippen LogP contribution >= 0.6 is 0 Å². The lowest BCUT2D eigenvalue weighted by Gasteiger charge is -2.23. The number of rotatable bonds is 7. The van der Waals surface area contributed by atoms with Crippen LogP contribution in [-0.4, -0.2) is 24.1 Å². The van der Waals surface area contributed by atoms with E-state index in [1.807, 2.05) is 42.5 Å². The fourth-order valence-corrected chi connectivity index (χ4v) is 2.52. The molecule has 21 heavy (non-hydrogen) atoms. The van der Waals surface area contributed by atoms with Gasteiger partial charge in [-0.3, -0.25) is 4.90 Å². The zero-order valence-electron chi connectivity index (χ0n) is 12.2. The number of anilines is 1. The molecule has 0 unspecified atom stereocenters. The average Bonchev–Trinajstić information content (AvgIpc) is 3.34. The van der Waals surface area contributed by atoms with Crippen molar-refractivity contribution in [3.63, 3.8) is 0 Å². The summed E-state index contributed by atoms with van der Waals surface area (Å²) in [5, 5.41) is 0. The second kappa shape index (κ2) is 6.64. The number of benzene rings is 2. The van der Waals surface area contributed by atoms with Crippen LogP contribution in [0, 0.1) is 0 Å². The van der Waals surface area contributed by atoms with E-state index in [2.05, 4.69) is 17.0 Å². The summed E-state index contributed by atoms with van der Waals surface area (Å²) in [5.41, 5.74) is 8.14. The van der Waals surface area contributed by atoms with Crippen molar-refractivity contribution in [3.05, 3.63) is 60.2 Å². The Morgan fingerprint density at radius 1 is 1.00 bits per heavy atom. The van der Waals surface area contributed by atoms with Crippen molar-refractivity contribution in [3.8, 4) is 5.75 Å². The van der Waals surface area contributed by atoms with Gasteiger partial charge in [0.05, 0.1) is 0 Å². The van der Waals surface area contributed by atoms with Crippen LogP contribution in [0.5, 0.6) is 5.75 Å². The highest BCUT2D eigenvalue weighted by Crippen LogP contribution is 2.29. The van der Waals surface area contributed by atoms with Gasteiger partial charge in [0.2, 0.25) is 0 Å². The predicted molar refractivity (Wildman–Crippen MR) is 86.2 cm³/mol. The molecule has 2 aromatic carbocycles. The minimum Gasteiger partial charge on any atom is -0.492 e. The van der Waals surface area contributed by atoms with Crippen molar-refractivity contribution in [2.45, 2.75) is 25.4 Å². The lowest BCUT2D eigenvalue weighted by atomic mass is 10.1. The van der Waals surface area contributed by atoms with E-state index >= 15 is 0 Å². The second-order valence-corrected chi connectivity index (χ2v) is 5.56. The molecule has 1 aliphatic rings. The van der Waals surface area contributed by atoms with Crippen molar-refractivity contribution < 1.29 is 4.74 Å². The van der Waals surface area contributed by atoms with Gasteiger partial charge in [-0.1, -0.05) is 36.4 Å². The van der Waals surface area contributed by atoms with E-state index in [0.29, 0.717) is 12.6 Å². The standard InChI is InChI=1S/C18H22N2O/c19-18-9-5-4-6-15(18)14-20(16-10-11-16)12-13-21-17-7-2-1-3-8-17/h1-9,16H,10-14,19H2. The zero-order valence-corrected chi connectivity index (χ0v) is 12.2. The predicted octanol–water partition coefficient (Wildman–Crippen LogP) is 3.31. The third kappa shape index (κ3) is 3.99. The Morgan fingerprint density at radius 3 is 2.43 bits per heavy atom. The Bertz CT molecular complexity index is 566. The zero-order chi connectivity index (χ0) is 14.5. The molecule has 0 aliphatic heterocycles. The van der Waals surface area contributed by atoms with Gasteiger partial charge in [0, 0.05) is 24.8 Å². The molecule has 0 amide bonds. The second-order valence-electron chi connectivity index (χ2n) is 5.56. The van der Waals surface area contributed by atoms with Gasteiger partial charge in [0.15, 0.2) is 0 Å². The van der Waals surface area contributed by atoms with Gasteiger partial charge in [-0.15, -0.1) is 0 Å². The Hall–Kier alpha value is -2.00. The number of hydrogen-bond acceptors (Lipinski definition) is 3. The first-order chi connectivity index (χ1) is 10.3. The monoisotopic (exact) mass is 282 g/mol. The molecule has 0 aromatic heterocycles. The highest BCUT2D eigenvalue weighted by atomic mass is 16.5. The minimum atomic E-state index is 0.698. The van der Waals surface area contributed by atoms with Crippen LogP contribution in [-0.2, 0) is 6.54 Å². The Balaban J connectivity index is 1.54. The molecular formula is C18H22N2O. The first kappa shape index (κ1) is 14.0. The van der Waals surface area contributed by atoms with E-state index in [1.54, 1.807) is 0 Å². The lowest BCUT2D eigenvalue weighted by molar-refractivity contribution is 0.195. The summed E-state index contributed by atoms with van der Waals surface area (Å²) < 4.78 is 5.81. The van der Waals surface area contributed by atoms with Crippen molar-refractivity contribution in [2.75, 3.05) is 18.9 Å². The maximum atomic E-state index is 6.05. The molecular weight excluding hydrogens is 260 g/mol. The molecule has 0 heterocycles. The van der Waals surface area contributed by atoms with Gasteiger partial charge in [0.1, 0.15) is 12.4 Å². The average molecular weight is 282 g/mol. The summed E-state index contributed by atoms with van der Waals surface area (Å²) in [7, 11) is 0. The fourth-order valence-electron chi connectivity index (χ4n) is 2.52. The van der Waals surface area contributed by atoms with Crippen LogP contribution in [0.4, 0.5) is 5.69 Å². The Kier molecular flexibility index (Phi) is 4.41. The number of nitrogens with zero attached hydrogens (tertiary/aromatic N) is 1.